The number of halogens is 1. The minimum absolute atomic E-state index is 0. The molecule has 0 aliphatic carbocycles. The number of benzene rings is 4. The third kappa shape index (κ3) is 8.64. The van der Waals surface area contributed by atoms with Crippen molar-refractivity contribution in [3.05, 3.63) is 139 Å². The van der Waals surface area contributed by atoms with Crippen molar-refractivity contribution in [1.29, 1.82) is 0 Å². The Morgan fingerprint density at radius 2 is 1.49 bits per heavy atom. The molecule has 1 radical (unpaired) electrons. The number of nitrogens with zero attached hydrogens (tertiary/aromatic N) is 2. The molecule has 0 unspecified atom stereocenters. The fraction of sp³-hybridized carbons (Fsp3) is 0.209. The first-order chi connectivity index (χ1) is 22.9. The van der Waals surface area contributed by atoms with Crippen molar-refractivity contribution in [3.8, 4) is 33.6 Å². The van der Waals surface area contributed by atoms with Gasteiger partial charge < -0.3 is 9.40 Å². The van der Waals surface area contributed by atoms with Gasteiger partial charge in [0.05, 0.1) is 5.58 Å². The van der Waals surface area contributed by atoms with E-state index in [0.717, 1.165) is 50.9 Å². The van der Waals surface area contributed by atoms with Gasteiger partial charge in [0, 0.05) is 31.7 Å². The van der Waals surface area contributed by atoms with Gasteiger partial charge in [-0.15, -0.1) is 18.2 Å². The maximum absolute atomic E-state index is 13.1. The molecule has 4 aromatic carbocycles. The number of furan rings is 1. The van der Waals surface area contributed by atoms with Crippen LogP contribution in [-0.4, -0.2) is 23.2 Å². The molecule has 251 valence electrons. The number of pyridine rings is 2. The van der Waals surface area contributed by atoms with Crippen LogP contribution in [0.5, 0.6) is 0 Å². The summed E-state index contributed by atoms with van der Waals surface area (Å²) < 4.78 is 20.8. The van der Waals surface area contributed by atoms with E-state index in [1.165, 1.54) is 33.2 Å². The van der Waals surface area contributed by atoms with Gasteiger partial charge in [-0.25, -0.2) is 0 Å². The summed E-state index contributed by atoms with van der Waals surface area (Å²) in [7, 11) is 0. The van der Waals surface area contributed by atoms with Crippen molar-refractivity contribution in [2.75, 3.05) is 0 Å². The van der Waals surface area contributed by atoms with Crippen LogP contribution in [0.3, 0.4) is 0 Å². The number of fused-ring (bicyclic) bond motifs is 3. The zero-order chi connectivity index (χ0) is 34.1. The maximum atomic E-state index is 13.1. The number of aryl methyl sites for hydroxylation is 1. The second kappa shape index (κ2) is 14.9. The summed E-state index contributed by atoms with van der Waals surface area (Å²) in [5, 5.41) is 2.22. The molecule has 6 heteroatoms. The molecular formula is C43H41FGeIrN2O-2. The zero-order valence-corrected chi connectivity index (χ0v) is 33.6. The van der Waals surface area contributed by atoms with Crippen molar-refractivity contribution < 1.29 is 28.9 Å². The van der Waals surface area contributed by atoms with Gasteiger partial charge in [0.1, 0.15) is 5.58 Å². The van der Waals surface area contributed by atoms with Gasteiger partial charge in [0.2, 0.25) is 0 Å². The van der Waals surface area contributed by atoms with E-state index in [0.29, 0.717) is 5.56 Å². The molecule has 0 aliphatic rings. The molecule has 3 heterocycles. The average molecular weight is 886 g/mol. The van der Waals surface area contributed by atoms with Gasteiger partial charge in [-0.05, 0) is 47.2 Å². The molecule has 7 aromatic rings. The Hall–Kier alpha value is -3.90. The van der Waals surface area contributed by atoms with E-state index in [9.17, 15) is 4.39 Å². The molecule has 0 amide bonds. The van der Waals surface area contributed by atoms with Crippen LogP contribution in [0, 0.1) is 30.3 Å². The Labute approximate surface area is 305 Å². The fourth-order valence-corrected chi connectivity index (χ4v) is 7.96. The molecule has 0 saturated heterocycles. The smallest absolute Gasteiger partial charge is 0 e. The zero-order valence-electron chi connectivity index (χ0n) is 29.1. The number of aromatic nitrogens is 2. The van der Waals surface area contributed by atoms with Crippen LogP contribution in [0.1, 0.15) is 31.9 Å². The normalized spacial score (nSPS) is 11.6. The van der Waals surface area contributed by atoms with E-state index in [4.69, 9.17) is 9.40 Å². The molecule has 0 fully saturated rings. The molecule has 49 heavy (non-hydrogen) atoms. The van der Waals surface area contributed by atoms with Crippen LogP contribution >= 0.6 is 0 Å². The van der Waals surface area contributed by atoms with Crippen LogP contribution < -0.4 is 4.40 Å². The quantitative estimate of drug-likeness (QED) is 0.128. The van der Waals surface area contributed by atoms with Crippen LogP contribution in [0.25, 0.3) is 55.6 Å². The number of hydrogen-bond acceptors (Lipinski definition) is 3. The first-order valence-corrected chi connectivity index (χ1v) is 23.7. The summed E-state index contributed by atoms with van der Waals surface area (Å²) in [6.45, 7) is 8.93. The number of hydrogen-bond donors (Lipinski definition) is 0. The van der Waals surface area contributed by atoms with E-state index < -0.39 is 13.3 Å². The molecule has 0 spiro atoms. The molecule has 3 aromatic heterocycles. The molecule has 7 rings (SSSR count). The Morgan fingerprint density at radius 1 is 0.755 bits per heavy atom. The van der Waals surface area contributed by atoms with Gasteiger partial charge in [-0.3, -0.25) is 0 Å². The molecule has 0 aliphatic heterocycles. The summed E-state index contributed by atoms with van der Waals surface area (Å²) in [5.74, 6) is 6.72. The summed E-state index contributed by atoms with van der Waals surface area (Å²) in [5.41, 5.74) is 10.2. The van der Waals surface area contributed by atoms with Gasteiger partial charge in [-0.1, -0.05) is 85.8 Å². The SMILES string of the molecule is Cc1cnc(-c2[c-]ccc3c2oc2cc(-c4ccccc4)ccc23)cc1CC(C)(C)C.[CH3][Ge]([CH3])([CH3])[c]1ccc(-c2[c-]ccc(F)c2)nc1.[Ir]. The summed E-state index contributed by atoms with van der Waals surface area (Å²) >= 11 is -1.80. The van der Waals surface area contributed by atoms with Crippen LogP contribution in [0.4, 0.5) is 4.39 Å². The Morgan fingerprint density at radius 3 is 2.16 bits per heavy atom. The third-order valence-electron chi connectivity index (χ3n) is 8.40. The van der Waals surface area contributed by atoms with Crippen molar-refractivity contribution in [2.45, 2.75) is 51.4 Å². The van der Waals surface area contributed by atoms with E-state index in [-0.39, 0.29) is 31.3 Å². The Bertz CT molecular complexity index is 2200. The first kappa shape index (κ1) is 36.4. The van der Waals surface area contributed by atoms with Crippen molar-refractivity contribution >= 4 is 39.6 Å². The molecule has 3 nitrogen and oxygen atoms in total. The second-order valence-electron chi connectivity index (χ2n) is 14.6. The standard InChI is InChI=1S/C29H26NO.C14H15FGeN.Ir/c1-19-18-30-26(15-22(19)17-29(2,3)4)25-12-8-11-24-23-14-13-21(16-27(23)31-28(24)25)20-9-6-5-7-10-20;1-16(2,3)13-7-8-14(17-10-13)11-5-4-6-12(15)9-11;/h5-11,13-16,18H,17H2,1-4H3;4,6-10H,1-3H3;/q2*-1;. The van der Waals surface area contributed by atoms with Crippen LogP contribution in [0.2, 0.25) is 17.3 Å². The van der Waals surface area contributed by atoms with E-state index in [1.807, 2.05) is 30.6 Å². The minimum atomic E-state index is -1.80. The molecule has 0 saturated carbocycles. The largest absolute Gasteiger partial charge is 0 e. The summed E-state index contributed by atoms with van der Waals surface area (Å²) in [6, 6.07) is 38.0. The molecule has 0 atom stereocenters. The van der Waals surface area contributed by atoms with Gasteiger partial charge in [0.15, 0.2) is 0 Å². The fourth-order valence-electron chi connectivity index (χ4n) is 5.79. The van der Waals surface area contributed by atoms with Gasteiger partial charge in [0.25, 0.3) is 0 Å². The Balaban J connectivity index is 0.000000221. The summed E-state index contributed by atoms with van der Waals surface area (Å²) in [6.07, 6.45) is 4.90. The first-order valence-electron chi connectivity index (χ1n) is 16.4. The molecule has 0 bridgehead atoms. The predicted octanol–water partition coefficient (Wildman–Crippen LogP) is 11.2. The topological polar surface area (TPSA) is 38.9 Å². The van der Waals surface area contributed by atoms with Crippen LogP contribution in [-0.2, 0) is 26.5 Å². The van der Waals surface area contributed by atoms with Gasteiger partial charge >= 0.3 is 104 Å². The van der Waals surface area contributed by atoms with Crippen molar-refractivity contribution in [1.82, 2.24) is 9.97 Å². The minimum Gasteiger partial charge on any atom is 0 e. The number of rotatable bonds is 5. The second-order valence-corrected chi connectivity index (χ2v) is 25.3. The van der Waals surface area contributed by atoms with Crippen LogP contribution in [0.15, 0.2) is 114 Å². The predicted molar refractivity (Wildman–Crippen MR) is 201 cm³/mol. The van der Waals surface area contributed by atoms with E-state index >= 15 is 0 Å². The monoisotopic (exact) mass is 887 g/mol. The van der Waals surface area contributed by atoms with E-state index in [1.54, 1.807) is 6.07 Å². The van der Waals surface area contributed by atoms with E-state index in [2.05, 4.69) is 123 Å². The molecule has 0 N–H and O–H groups in total. The third-order valence-corrected chi connectivity index (χ3v) is 12.7. The summed E-state index contributed by atoms with van der Waals surface area (Å²) in [4.78, 5) is 9.14. The average Bonchev–Trinajstić information content (AvgIpc) is 3.44. The van der Waals surface area contributed by atoms with Gasteiger partial charge in [-0.2, -0.15) is 0 Å². The Kier molecular flexibility index (Phi) is 11.1. The van der Waals surface area contributed by atoms with Crippen molar-refractivity contribution in [2.24, 2.45) is 5.41 Å². The van der Waals surface area contributed by atoms with Crippen molar-refractivity contribution in [3.63, 3.8) is 0 Å². The molecular weight excluding hydrogens is 844 g/mol. The maximum Gasteiger partial charge on any atom is 0 e.